The molecule has 0 heterocycles. The highest BCUT2D eigenvalue weighted by molar-refractivity contribution is 7.86. The van der Waals surface area contributed by atoms with Crippen LogP contribution < -0.4 is 0 Å². The van der Waals surface area contributed by atoms with E-state index in [0.717, 1.165) is 11.1 Å². The Morgan fingerprint density at radius 3 is 2.25 bits per heavy atom. The van der Waals surface area contributed by atoms with Crippen LogP contribution >= 0.6 is 0 Å². The van der Waals surface area contributed by atoms with E-state index in [1.54, 1.807) is 19.1 Å². The summed E-state index contributed by atoms with van der Waals surface area (Å²) >= 11 is 0. The van der Waals surface area contributed by atoms with Gasteiger partial charge in [0, 0.05) is 10.5 Å². The largest absolute Gasteiger partial charge is 0.293 e. The molecule has 2 aromatic carbocycles. The molecular formula is C17H18O2S. The highest BCUT2D eigenvalue weighted by Gasteiger charge is 2.22. The zero-order valence-corrected chi connectivity index (χ0v) is 12.7. The maximum Gasteiger partial charge on any atom is 0.178 e. The summed E-state index contributed by atoms with van der Waals surface area (Å²) < 4.78 is 12.4. The van der Waals surface area contributed by atoms with Crippen LogP contribution in [-0.2, 0) is 10.8 Å². The number of ketones is 1. The lowest BCUT2D eigenvalue weighted by Gasteiger charge is -2.11. The number of carbonyl (C=O) groups is 1. The van der Waals surface area contributed by atoms with Gasteiger partial charge < -0.3 is 0 Å². The Morgan fingerprint density at radius 2 is 1.65 bits per heavy atom. The Kier molecular flexibility index (Phi) is 4.50. The van der Waals surface area contributed by atoms with Gasteiger partial charge in [-0.1, -0.05) is 30.3 Å². The molecule has 2 unspecified atom stereocenters. The fourth-order valence-corrected chi connectivity index (χ4v) is 3.15. The Bertz CT molecular complexity index is 647. The van der Waals surface area contributed by atoms with Crippen molar-refractivity contribution in [2.75, 3.05) is 0 Å². The number of aryl methyl sites for hydroxylation is 2. The molecule has 0 aliphatic heterocycles. The molecule has 0 aliphatic carbocycles. The summed E-state index contributed by atoms with van der Waals surface area (Å²) in [6.45, 7) is 5.71. The van der Waals surface area contributed by atoms with Crippen molar-refractivity contribution in [2.24, 2.45) is 0 Å². The number of hydrogen-bond acceptors (Lipinski definition) is 2. The summed E-state index contributed by atoms with van der Waals surface area (Å²) in [7, 11) is -1.32. The fourth-order valence-electron chi connectivity index (χ4n) is 1.99. The first-order valence-electron chi connectivity index (χ1n) is 6.58. The summed E-state index contributed by atoms with van der Waals surface area (Å²) in [6, 6.07) is 14.7. The summed E-state index contributed by atoms with van der Waals surface area (Å²) in [6.07, 6.45) is 0. The summed E-state index contributed by atoms with van der Waals surface area (Å²) in [5.41, 5.74) is 2.86. The SMILES string of the molecule is Cc1ccc(C(=O)C(C)S(=O)c2ccccc2)cc1C. The van der Waals surface area contributed by atoms with E-state index in [9.17, 15) is 9.00 Å². The molecule has 0 radical (unpaired) electrons. The van der Waals surface area contributed by atoms with E-state index in [4.69, 9.17) is 0 Å². The van der Waals surface area contributed by atoms with Crippen molar-refractivity contribution in [3.8, 4) is 0 Å². The first-order chi connectivity index (χ1) is 9.50. The minimum absolute atomic E-state index is 0.0738. The van der Waals surface area contributed by atoms with Gasteiger partial charge in [0.05, 0.1) is 16.0 Å². The van der Waals surface area contributed by atoms with Gasteiger partial charge in [-0.15, -0.1) is 0 Å². The van der Waals surface area contributed by atoms with Gasteiger partial charge in [0.1, 0.15) is 0 Å². The number of benzene rings is 2. The molecule has 3 heteroatoms. The number of rotatable bonds is 4. The summed E-state index contributed by atoms with van der Waals surface area (Å²) in [4.78, 5) is 13.1. The number of Topliss-reactive ketones (excluding diaryl/α,β-unsaturated/α-hetero) is 1. The second-order valence-corrected chi connectivity index (χ2v) is 6.69. The average molecular weight is 286 g/mol. The molecule has 0 fully saturated rings. The van der Waals surface area contributed by atoms with Crippen molar-refractivity contribution >= 4 is 16.6 Å². The monoisotopic (exact) mass is 286 g/mol. The standard InChI is InChI=1S/C17H18O2S/c1-12-9-10-15(11-13(12)2)17(18)14(3)20(19)16-7-5-4-6-8-16/h4-11,14H,1-3H3. The van der Waals surface area contributed by atoms with Crippen molar-refractivity contribution < 1.29 is 9.00 Å². The molecule has 2 nitrogen and oxygen atoms in total. The molecule has 20 heavy (non-hydrogen) atoms. The van der Waals surface area contributed by atoms with Gasteiger partial charge in [0.15, 0.2) is 5.78 Å². The highest BCUT2D eigenvalue weighted by atomic mass is 32.2. The second-order valence-electron chi connectivity index (χ2n) is 4.92. The number of carbonyl (C=O) groups excluding carboxylic acids is 1. The van der Waals surface area contributed by atoms with E-state index in [1.807, 2.05) is 50.2 Å². The molecule has 0 bridgehead atoms. The van der Waals surface area contributed by atoms with Crippen LogP contribution in [0, 0.1) is 13.8 Å². The lowest BCUT2D eigenvalue weighted by Crippen LogP contribution is -2.23. The summed E-state index contributed by atoms with van der Waals surface area (Å²) in [5, 5.41) is -0.542. The van der Waals surface area contributed by atoms with Gasteiger partial charge in [-0.25, -0.2) is 0 Å². The molecule has 0 saturated heterocycles. The molecule has 0 amide bonds. The molecule has 0 saturated carbocycles. The van der Waals surface area contributed by atoms with Crippen LogP contribution in [0.1, 0.15) is 28.4 Å². The third-order valence-corrected chi connectivity index (χ3v) is 5.05. The minimum Gasteiger partial charge on any atom is -0.293 e. The van der Waals surface area contributed by atoms with E-state index in [0.29, 0.717) is 10.5 Å². The molecular weight excluding hydrogens is 268 g/mol. The van der Waals surface area contributed by atoms with Gasteiger partial charge in [-0.3, -0.25) is 9.00 Å². The van der Waals surface area contributed by atoms with Crippen LogP contribution in [0.2, 0.25) is 0 Å². The van der Waals surface area contributed by atoms with Crippen molar-refractivity contribution in [3.63, 3.8) is 0 Å². The van der Waals surface area contributed by atoms with E-state index in [1.165, 1.54) is 0 Å². The molecule has 0 spiro atoms. The first kappa shape index (κ1) is 14.7. The minimum atomic E-state index is -1.32. The molecule has 104 valence electrons. The second kappa shape index (κ2) is 6.14. The molecule has 0 N–H and O–H groups in total. The molecule has 0 aromatic heterocycles. The van der Waals surface area contributed by atoms with Gasteiger partial charge >= 0.3 is 0 Å². The molecule has 2 atom stereocenters. The number of hydrogen-bond donors (Lipinski definition) is 0. The van der Waals surface area contributed by atoms with E-state index in [-0.39, 0.29) is 5.78 Å². The lowest BCUT2D eigenvalue weighted by atomic mass is 10.0. The van der Waals surface area contributed by atoms with Crippen molar-refractivity contribution in [1.29, 1.82) is 0 Å². The predicted octanol–water partition coefficient (Wildman–Crippen LogP) is 3.68. The van der Waals surface area contributed by atoms with Gasteiger partial charge in [0.2, 0.25) is 0 Å². The van der Waals surface area contributed by atoms with Crippen LogP contribution in [0.4, 0.5) is 0 Å². The van der Waals surface area contributed by atoms with E-state index in [2.05, 4.69) is 0 Å². The van der Waals surface area contributed by atoms with E-state index >= 15 is 0 Å². The van der Waals surface area contributed by atoms with Crippen molar-refractivity contribution in [3.05, 3.63) is 65.2 Å². The Hall–Kier alpha value is -1.74. The quantitative estimate of drug-likeness (QED) is 0.803. The fraction of sp³-hybridized carbons (Fsp3) is 0.235. The zero-order chi connectivity index (χ0) is 14.7. The van der Waals surface area contributed by atoms with Crippen LogP contribution in [0.3, 0.4) is 0 Å². The Labute approximate surface area is 122 Å². The molecule has 2 rings (SSSR count). The van der Waals surface area contributed by atoms with Crippen LogP contribution in [-0.4, -0.2) is 15.2 Å². The molecule has 0 aliphatic rings. The normalized spacial score (nSPS) is 13.8. The van der Waals surface area contributed by atoms with Gasteiger partial charge in [0.25, 0.3) is 0 Å². The van der Waals surface area contributed by atoms with Crippen LogP contribution in [0.25, 0.3) is 0 Å². The first-order valence-corrected chi connectivity index (χ1v) is 7.79. The van der Waals surface area contributed by atoms with Crippen LogP contribution in [0.15, 0.2) is 53.4 Å². The Balaban J connectivity index is 2.24. The van der Waals surface area contributed by atoms with Gasteiger partial charge in [-0.2, -0.15) is 0 Å². The maximum absolute atomic E-state index is 12.4. The summed E-state index contributed by atoms with van der Waals surface area (Å²) in [5.74, 6) is -0.0738. The third kappa shape index (κ3) is 3.05. The Morgan fingerprint density at radius 1 is 1.00 bits per heavy atom. The highest BCUT2D eigenvalue weighted by Crippen LogP contribution is 2.17. The van der Waals surface area contributed by atoms with Crippen molar-refractivity contribution in [2.45, 2.75) is 30.9 Å². The third-order valence-electron chi connectivity index (χ3n) is 3.46. The van der Waals surface area contributed by atoms with E-state index < -0.39 is 16.0 Å². The smallest absolute Gasteiger partial charge is 0.178 e. The topological polar surface area (TPSA) is 34.1 Å². The predicted molar refractivity (Wildman–Crippen MR) is 82.6 cm³/mol. The average Bonchev–Trinajstić information content (AvgIpc) is 2.48. The molecule has 2 aromatic rings. The maximum atomic E-state index is 12.4. The zero-order valence-electron chi connectivity index (χ0n) is 11.9. The van der Waals surface area contributed by atoms with Crippen LogP contribution in [0.5, 0.6) is 0 Å². The van der Waals surface area contributed by atoms with Gasteiger partial charge in [-0.05, 0) is 50.1 Å². The lowest BCUT2D eigenvalue weighted by molar-refractivity contribution is 0.0992. The van der Waals surface area contributed by atoms with Crippen molar-refractivity contribution in [1.82, 2.24) is 0 Å².